The van der Waals surface area contributed by atoms with Crippen LogP contribution in [-0.2, 0) is 19.4 Å². The van der Waals surface area contributed by atoms with E-state index in [1.54, 1.807) is 6.07 Å². The molecule has 21 heavy (non-hydrogen) atoms. The van der Waals surface area contributed by atoms with Crippen LogP contribution >= 0.6 is 15.9 Å². The maximum absolute atomic E-state index is 13.6. The highest BCUT2D eigenvalue weighted by atomic mass is 79.9. The fraction of sp³-hybridized carbons (Fsp3) is 0.438. The van der Waals surface area contributed by atoms with E-state index in [-0.39, 0.29) is 11.9 Å². The minimum atomic E-state index is -0.249. The van der Waals surface area contributed by atoms with Crippen LogP contribution in [0.15, 0.2) is 22.7 Å². The molecule has 2 aromatic rings. The first kappa shape index (κ1) is 16.2. The minimum absolute atomic E-state index is 0.0420. The molecule has 0 saturated carbocycles. The van der Waals surface area contributed by atoms with Crippen molar-refractivity contribution in [2.75, 3.05) is 0 Å². The first-order valence-corrected chi connectivity index (χ1v) is 8.05. The molecule has 0 aliphatic carbocycles. The second-order valence-corrected chi connectivity index (χ2v) is 5.97. The van der Waals surface area contributed by atoms with Gasteiger partial charge >= 0.3 is 0 Å². The Morgan fingerprint density at radius 1 is 1.33 bits per heavy atom. The molecule has 114 valence electrons. The summed E-state index contributed by atoms with van der Waals surface area (Å²) in [5.41, 5.74) is 10.3. The average Bonchev–Trinajstić information content (AvgIpc) is 2.81. The van der Waals surface area contributed by atoms with Crippen molar-refractivity contribution in [1.29, 1.82) is 0 Å². The van der Waals surface area contributed by atoms with Crippen LogP contribution < -0.4 is 5.73 Å². The Balaban J connectivity index is 2.47. The van der Waals surface area contributed by atoms with E-state index in [0.29, 0.717) is 11.0 Å². The van der Waals surface area contributed by atoms with Gasteiger partial charge < -0.3 is 5.73 Å². The highest BCUT2D eigenvalue weighted by molar-refractivity contribution is 9.10. The van der Waals surface area contributed by atoms with E-state index in [1.165, 1.54) is 6.07 Å². The first-order valence-electron chi connectivity index (χ1n) is 7.26. The summed E-state index contributed by atoms with van der Waals surface area (Å²) in [7, 11) is 0. The minimum Gasteiger partial charge on any atom is -0.324 e. The van der Waals surface area contributed by atoms with Gasteiger partial charge in [-0.3, -0.25) is 4.68 Å². The molecule has 0 fully saturated rings. The second-order valence-electron chi connectivity index (χ2n) is 5.17. The molecule has 0 saturated heterocycles. The van der Waals surface area contributed by atoms with Gasteiger partial charge in [-0.25, -0.2) is 4.39 Å². The number of aryl methyl sites for hydroxylation is 1. The predicted octanol–water partition coefficient (Wildman–Crippen LogP) is 3.98. The van der Waals surface area contributed by atoms with Crippen molar-refractivity contribution < 1.29 is 4.39 Å². The van der Waals surface area contributed by atoms with Crippen molar-refractivity contribution in [3.8, 4) is 0 Å². The molecule has 0 aliphatic heterocycles. The van der Waals surface area contributed by atoms with Gasteiger partial charge in [0, 0.05) is 17.3 Å². The normalized spacial score (nSPS) is 12.7. The van der Waals surface area contributed by atoms with Crippen LogP contribution in [0.25, 0.3) is 0 Å². The lowest BCUT2D eigenvalue weighted by atomic mass is 10.0. The molecular weight excluding hydrogens is 333 g/mol. The van der Waals surface area contributed by atoms with Crippen molar-refractivity contribution in [3.63, 3.8) is 0 Å². The topological polar surface area (TPSA) is 43.8 Å². The maximum atomic E-state index is 13.6. The molecule has 0 amide bonds. The molecule has 0 radical (unpaired) electrons. The van der Waals surface area contributed by atoms with E-state index in [0.717, 1.165) is 35.4 Å². The fourth-order valence-electron chi connectivity index (χ4n) is 2.69. The Bertz CT molecular complexity index is 635. The smallest absolute Gasteiger partial charge is 0.137 e. The fourth-order valence-corrected chi connectivity index (χ4v) is 3.08. The van der Waals surface area contributed by atoms with Crippen LogP contribution in [0.3, 0.4) is 0 Å². The number of benzene rings is 1. The Morgan fingerprint density at radius 3 is 2.62 bits per heavy atom. The van der Waals surface area contributed by atoms with Crippen LogP contribution in [0.2, 0.25) is 0 Å². The molecule has 0 spiro atoms. The molecule has 0 aliphatic rings. The van der Waals surface area contributed by atoms with Crippen molar-refractivity contribution in [2.24, 2.45) is 5.73 Å². The molecule has 2 rings (SSSR count). The summed E-state index contributed by atoms with van der Waals surface area (Å²) in [5, 5.41) is 4.68. The number of hydrogen-bond donors (Lipinski definition) is 1. The summed E-state index contributed by atoms with van der Waals surface area (Å²) < 4.78 is 16.1. The van der Waals surface area contributed by atoms with Crippen molar-refractivity contribution in [3.05, 3.63) is 51.0 Å². The number of nitrogens with two attached hydrogens (primary N) is 1. The van der Waals surface area contributed by atoms with Gasteiger partial charge in [0.25, 0.3) is 0 Å². The molecule has 1 atom stereocenters. The third-order valence-electron chi connectivity index (χ3n) is 3.65. The summed E-state index contributed by atoms with van der Waals surface area (Å²) in [6, 6.07) is 5.03. The van der Waals surface area contributed by atoms with Gasteiger partial charge in [-0.1, -0.05) is 26.0 Å². The molecule has 3 nitrogen and oxygen atoms in total. The standard InChI is InChI=1S/C16H21BrFN3/c1-4-13-15(10(3)19)14(5-2)21(20-13)9-11-7-6-8-12(18)16(11)17/h6-8,10H,4-5,9,19H2,1-3H3. The number of hydrogen-bond acceptors (Lipinski definition) is 2. The van der Waals surface area contributed by atoms with Gasteiger partial charge in [0.15, 0.2) is 0 Å². The Morgan fingerprint density at radius 2 is 2.05 bits per heavy atom. The number of rotatable bonds is 5. The van der Waals surface area contributed by atoms with Crippen molar-refractivity contribution in [1.82, 2.24) is 9.78 Å². The summed E-state index contributed by atoms with van der Waals surface area (Å²) in [6.45, 7) is 6.70. The zero-order chi connectivity index (χ0) is 15.6. The van der Waals surface area contributed by atoms with Crippen LogP contribution in [0.5, 0.6) is 0 Å². The summed E-state index contributed by atoms with van der Waals surface area (Å²) >= 11 is 3.31. The van der Waals surface area contributed by atoms with Gasteiger partial charge in [-0.05, 0) is 47.3 Å². The van der Waals surface area contributed by atoms with Crippen LogP contribution in [0, 0.1) is 5.82 Å². The van der Waals surface area contributed by atoms with E-state index in [9.17, 15) is 4.39 Å². The van der Waals surface area contributed by atoms with Crippen molar-refractivity contribution in [2.45, 2.75) is 46.2 Å². The zero-order valence-corrected chi connectivity index (χ0v) is 14.2. The lowest BCUT2D eigenvalue weighted by molar-refractivity contribution is 0.603. The quantitative estimate of drug-likeness (QED) is 0.883. The highest BCUT2D eigenvalue weighted by Crippen LogP contribution is 2.25. The molecule has 1 aromatic heterocycles. The predicted molar refractivity (Wildman–Crippen MR) is 86.8 cm³/mol. The van der Waals surface area contributed by atoms with Gasteiger partial charge in [0.2, 0.25) is 0 Å². The van der Waals surface area contributed by atoms with E-state index in [4.69, 9.17) is 5.73 Å². The number of aromatic nitrogens is 2. The van der Waals surface area contributed by atoms with Gasteiger partial charge in [0.05, 0.1) is 16.7 Å². The molecule has 1 aromatic carbocycles. The third kappa shape index (κ3) is 3.19. The lowest BCUT2D eigenvalue weighted by Gasteiger charge is -2.11. The molecule has 0 bridgehead atoms. The summed E-state index contributed by atoms with van der Waals surface area (Å²) in [6.07, 6.45) is 1.71. The van der Waals surface area contributed by atoms with Gasteiger partial charge in [-0.2, -0.15) is 5.10 Å². The lowest BCUT2D eigenvalue weighted by Crippen LogP contribution is -2.11. The highest BCUT2D eigenvalue weighted by Gasteiger charge is 2.19. The maximum Gasteiger partial charge on any atom is 0.137 e. The first-order chi connectivity index (χ1) is 9.99. The monoisotopic (exact) mass is 353 g/mol. The largest absolute Gasteiger partial charge is 0.324 e. The summed E-state index contributed by atoms with van der Waals surface area (Å²) in [4.78, 5) is 0. The van der Waals surface area contributed by atoms with Crippen LogP contribution in [-0.4, -0.2) is 9.78 Å². The number of halogens is 2. The van der Waals surface area contributed by atoms with Crippen molar-refractivity contribution >= 4 is 15.9 Å². The van der Waals surface area contributed by atoms with E-state index in [1.807, 2.05) is 17.7 Å². The second kappa shape index (κ2) is 6.71. The van der Waals surface area contributed by atoms with E-state index in [2.05, 4.69) is 34.9 Å². The molecular formula is C16H21BrFN3. The number of nitrogens with zero attached hydrogens (tertiary/aromatic N) is 2. The van der Waals surface area contributed by atoms with Crippen LogP contribution in [0.1, 0.15) is 49.3 Å². The Labute approximate surface area is 133 Å². The summed E-state index contributed by atoms with van der Waals surface area (Å²) in [5.74, 6) is -0.249. The Hall–Kier alpha value is -1.20. The Kier molecular flexibility index (Phi) is 5.17. The average molecular weight is 354 g/mol. The zero-order valence-electron chi connectivity index (χ0n) is 12.7. The third-order valence-corrected chi connectivity index (χ3v) is 4.54. The van der Waals surface area contributed by atoms with E-state index >= 15 is 0 Å². The molecule has 1 heterocycles. The SMILES string of the molecule is CCc1nn(Cc2cccc(F)c2Br)c(CC)c1C(C)N. The molecule has 5 heteroatoms. The molecule has 2 N–H and O–H groups in total. The van der Waals surface area contributed by atoms with Gasteiger partial charge in [-0.15, -0.1) is 0 Å². The van der Waals surface area contributed by atoms with E-state index < -0.39 is 0 Å². The van der Waals surface area contributed by atoms with Crippen LogP contribution in [0.4, 0.5) is 4.39 Å². The van der Waals surface area contributed by atoms with Gasteiger partial charge in [0.1, 0.15) is 5.82 Å². The molecule has 1 unspecified atom stereocenters.